The highest BCUT2D eigenvalue weighted by molar-refractivity contribution is 6.46. The van der Waals surface area contributed by atoms with Gasteiger partial charge < -0.3 is 19.5 Å². The van der Waals surface area contributed by atoms with Crippen LogP contribution in [0.5, 0.6) is 11.5 Å². The Morgan fingerprint density at radius 3 is 2.62 bits per heavy atom. The minimum Gasteiger partial charge on any atom is -0.507 e. The molecule has 1 saturated heterocycles. The summed E-state index contributed by atoms with van der Waals surface area (Å²) in [6.07, 6.45) is 0.740. The van der Waals surface area contributed by atoms with Crippen molar-refractivity contribution in [3.63, 3.8) is 0 Å². The molecular weight excluding hydrogens is 430 g/mol. The average molecular weight is 456 g/mol. The number of aliphatic hydroxyl groups excluding tert-OH is 1. The number of carbonyl (C=O) groups excluding carboxylic acids is 2. The van der Waals surface area contributed by atoms with Crippen molar-refractivity contribution in [3.8, 4) is 11.5 Å². The van der Waals surface area contributed by atoms with Crippen LogP contribution in [0.3, 0.4) is 0 Å². The summed E-state index contributed by atoms with van der Waals surface area (Å²) in [6.45, 7) is 2.77. The zero-order valence-electron chi connectivity index (χ0n) is 19.1. The molecule has 0 aliphatic carbocycles. The van der Waals surface area contributed by atoms with E-state index in [2.05, 4.69) is 0 Å². The summed E-state index contributed by atoms with van der Waals surface area (Å²) >= 11 is 0. The van der Waals surface area contributed by atoms with E-state index in [0.717, 1.165) is 34.4 Å². The number of aryl methyl sites for hydroxylation is 1. The number of Topliss-reactive ketones (excluding diaryl/α,β-unsaturated/α-hetero) is 1. The molecule has 1 atom stereocenters. The molecule has 0 bridgehead atoms. The maximum atomic E-state index is 13.3. The van der Waals surface area contributed by atoms with E-state index < -0.39 is 17.7 Å². The number of fused-ring (bicyclic) bond motifs is 1. The smallest absolute Gasteiger partial charge is 0.295 e. The SMILES string of the molecule is COc1ccc(CN2C(=O)C(=O)/C(=C(\O)c3ccc4c(c3)CCO4)C2c2cccc(C)c2)cc1. The lowest BCUT2D eigenvalue weighted by Gasteiger charge is -2.26. The summed E-state index contributed by atoms with van der Waals surface area (Å²) in [7, 11) is 1.59. The Balaban J connectivity index is 1.61. The van der Waals surface area contributed by atoms with Gasteiger partial charge in [0.05, 0.1) is 25.3 Å². The van der Waals surface area contributed by atoms with Crippen LogP contribution in [0.1, 0.15) is 33.9 Å². The first kappa shape index (κ1) is 21.8. The molecule has 2 aliphatic heterocycles. The van der Waals surface area contributed by atoms with Gasteiger partial charge in [0, 0.05) is 18.5 Å². The van der Waals surface area contributed by atoms with Crippen molar-refractivity contribution in [2.24, 2.45) is 0 Å². The first-order valence-electron chi connectivity index (χ1n) is 11.2. The molecule has 1 unspecified atom stereocenters. The van der Waals surface area contributed by atoms with Gasteiger partial charge in [0.15, 0.2) is 0 Å². The lowest BCUT2D eigenvalue weighted by Crippen LogP contribution is -2.29. The van der Waals surface area contributed by atoms with Crippen molar-refractivity contribution < 1.29 is 24.2 Å². The van der Waals surface area contributed by atoms with Crippen LogP contribution in [-0.2, 0) is 22.6 Å². The highest BCUT2D eigenvalue weighted by Gasteiger charge is 2.46. The van der Waals surface area contributed by atoms with Crippen molar-refractivity contribution in [1.29, 1.82) is 0 Å². The molecule has 2 heterocycles. The summed E-state index contributed by atoms with van der Waals surface area (Å²) in [5.41, 5.74) is 4.21. The fourth-order valence-corrected chi connectivity index (χ4v) is 4.65. The third kappa shape index (κ3) is 3.81. The third-order valence-electron chi connectivity index (χ3n) is 6.37. The number of hydrogen-bond acceptors (Lipinski definition) is 5. The standard InChI is InChI=1S/C28H25NO5/c1-17-4-3-5-20(14-17)25-24(26(30)21-8-11-23-19(15-21)12-13-34-23)27(31)28(32)29(25)16-18-6-9-22(33-2)10-7-18/h3-11,14-15,25,30H,12-13,16H2,1-2H3/b26-24-. The minimum atomic E-state index is -0.702. The number of nitrogens with zero attached hydrogens (tertiary/aromatic N) is 1. The van der Waals surface area contributed by atoms with Gasteiger partial charge in [-0.05, 0) is 53.9 Å². The largest absolute Gasteiger partial charge is 0.507 e. The van der Waals surface area contributed by atoms with E-state index in [0.29, 0.717) is 17.9 Å². The van der Waals surface area contributed by atoms with Crippen molar-refractivity contribution in [2.45, 2.75) is 25.9 Å². The number of benzene rings is 3. The molecule has 1 fully saturated rings. The number of amides is 1. The molecule has 6 heteroatoms. The molecule has 5 rings (SSSR count). The molecule has 3 aromatic rings. The van der Waals surface area contributed by atoms with Gasteiger partial charge in [-0.3, -0.25) is 9.59 Å². The molecule has 1 amide bonds. The van der Waals surface area contributed by atoms with E-state index in [-0.39, 0.29) is 17.9 Å². The summed E-state index contributed by atoms with van der Waals surface area (Å²) in [5.74, 6) is 0.00721. The van der Waals surface area contributed by atoms with Crippen LogP contribution in [0.25, 0.3) is 5.76 Å². The summed E-state index contributed by atoms with van der Waals surface area (Å²) in [4.78, 5) is 28.0. The second-order valence-corrected chi connectivity index (χ2v) is 8.61. The first-order valence-corrected chi connectivity index (χ1v) is 11.2. The van der Waals surface area contributed by atoms with E-state index in [1.165, 1.54) is 4.90 Å². The predicted octanol–water partition coefficient (Wildman–Crippen LogP) is 4.56. The van der Waals surface area contributed by atoms with E-state index in [4.69, 9.17) is 9.47 Å². The Labute approximate surface area is 198 Å². The molecule has 3 aromatic carbocycles. The van der Waals surface area contributed by atoms with E-state index >= 15 is 0 Å². The van der Waals surface area contributed by atoms with Crippen LogP contribution in [0.4, 0.5) is 0 Å². The van der Waals surface area contributed by atoms with Crippen LogP contribution >= 0.6 is 0 Å². The zero-order valence-corrected chi connectivity index (χ0v) is 19.1. The number of carbonyl (C=O) groups is 2. The van der Waals surface area contributed by atoms with Gasteiger partial charge in [-0.15, -0.1) is 0 Å². The number of methoxy groups -OCH3 is 1. The number of rotatable bonds is 5. The topological polar surface area (TPSA) is 76.1 Å². The van der Waals surface area contributed by atoms with Gasteiger partial charge in [0.25, 0.3) is 11.7 Å². The summed E-state index contributed by atoms with van der Waals surface area (Å²) in [5, 5.41) is 11.3. The summed E-state index contributed by atoms with van der Waals surface area (Å²) in [6, 6.07) is 19.7. The number of ether oxygens (including phenoxy) is 2. The third-order valence-corrected chi connectivity index (χ3v) is 6.37. The quantitative estimate of drug-likeness (QED) is 0.347. The molecule has 172 valence electrons. The first-order chi connectivity index (χ1) is 16.5. The van der Waals surface area contributed by atoms with Crippen LogP contribution in [0, 0.1) is 6.92 Å². The molecule has 34 heavy (non-hydrogen) atoms. The lowest BCUT2D eigenvalue weighted by atomic mass is 9.93. The lowest BCUT2D eigenvalue weighted by molar-refractivity contribution is -0.140. The van der Waals surface area contributed by atoms with Gasteiger partial charge in [-0.2, -0.15) is 0 Å². The second-order valence-electron chi connectivity index (χ2n) is 8.61. The molecule has 0 spiro atoms. The summed E-state index contributed by atoms with van der Waals surface area (Å²) < 4.78 is 10.8. The zero-order chi connectivity index (χ0) is 23.8. The monoisotopic (exact) mass is 455 g/mol. The number of aliphatic hydroxyl groups is 1. The van der Waals surface area contributed by atoms with Crippen LogP contribution in [0.15, 0.2) is 72.3 Å². The number of hydrogen-bond donors (Lipinski definition) is 1. The highest BCUT2D eigenvalue weighted by Crippen LogP contribution is 2.41. The van der Waals surface area contributed by atoms with Crippen molar-refractivity contribution in [1.82, 2.24) is 4.90 Å². The normalized spacial score (nSPS) is 18.6. The maximum absolute atomic E-state index is 13.3. The maximum Gasteiger partial charge on any atom is 0.295 e. The van der Waals surface area contributed by atoms with E-state index in [1.54, 1.807) is 19.2 Å². The van der Waals surface area contributed by atoms with Crippen molar-refractivity contribution in [2.75, 3.05) is 13.7 Å². The van der Waals surface area contributed by atoms with E-state index in [1.807, 2.05) is 61.5 Å². The van der Waals surface area contributed by atoms with Crippen LogP contribution in [-0.4, -0.2) is 35.4 Å². The molecule has 2 aliphatic rings. The second kappa shape index (κ2) is 8.71. The fraction of sp³-hybridized carbons (Fsp3) is 0.214. The molecular formula is C28H25NO5. The van der Waals surface area contributed by atoms with Crippen LogP contribution in [0.2, 0.25) is 0 Å². The minimum absolute atomic E-state index is 0.1000. The van der Waals surface area contributed by atoms with Crippen molar-refractivity contribution in [3.05, 3.63) is 100 Å². The Morgan fingerprint density at radius 2 is 1.88 bits per heavy atom. The number of ketones is 1. The molecule has 1 N–H and O–H groups in total. The Kier molecular flexibility index (Phi) is 5.57. The van der Waals surface area contributed by atoms with Gasteiger partial charge >= 0.3 is 0 Å². The predicted molar refractivity (Wildman–Crippen MR) is 128 cm³/mol. The van der Waals surface area contributed by atoms with Gasteiger partial charge in [-0.25, -0.2) is 0 Å². The molecule has 0 saturated carbocycles. The Morgan fingerprint density at radius 1 is 1.09 bits per heavy atom. The number of likely N-dealkylation sites (tertiary alicyclic amines) is 1. The Hall–Kier alpha value is -4.06. The molecule has 0 aromatic heterocycles. The van der Waals surface area contributed by atoms with E-state index in [9.17, 15) is 14.7 Å². The highest BCUT2D eigenvalue weighted by atomic mass is 16.5. The molecule has 6 nitrogen and oxygen atoms in total. The fourth-order valence-electron chi connectivity index (χ4n) is 4.65. The Bertz CT molecular complexity index is 1310. The molecule has 0 radical (unpaired) electrons. The van der Waals surface area contributed by atoms with Gasteiger partial charge in [0.2, 0.25) is 0 Å². The van der Waals surface area contributed by atoms with Gasteiger partial charge in [0.1, 0.15) is 17.3 Å². The van der Waals surface area contributed by atoms with Gasteiger partial charge in [-0.1, -0.05) is 42.0 Å². The van der Waals surface area contributed by atoms with Crippen LogP contribution < -0.4 is 9.47 Å². The van der Waals surface area contributed by atoms with Crippen molar-refractivity contribution >= 4 is 17.4 Å². The average Bonchev–Trinajstić information content (AvgIpc) is 3.42.